The molecule has 2 atom stereocenters. The molecule has 2 saturated heterocycles. The second kappa shape index (κ2) is 6.81. The molecular formula is C21H23N3O6S. The highest BCUT2D eigenvalue weighted by Crippen LogP contribution is 2.35. The molecule has 164 valence electrons. The van der Waals surface area contributed by atoms with E-state index in [0.29, 0.717) is 17.8 Å². The maximum absolute atomic E-state index is 13.2. The summed E-state index contributed by atoms with van der Waals surface area (Å²) >= 11 is 0. The van der Waals surface area contributed by atoms with Gasteiger partial charge in [-0.15, -0.1) is 0 Å². The molecule has 1 saturated carbocycles. The van der Waals surface area contributed by atoms with Crippen molar-refractivity contribution >= 4 is 38.7 Å². The molecule has 1 aromatic carbocycles. The van der Waals surface area contributed by atoms with Crippen LogP contribution in [0.1, 0.15) is 31.9 Å². The Kier molecular flexibility index (Phi) is 4.40. The minimum Gasteiger partial charge on any atom is -0.458 e. The Morgan fingerprint density at radius 2 is 1.97 bits per heavy atom. The van der Waals surface area contributed by atoms with Gasteiger partial charge in [0.25, 0.3) is 5.91 Å². The van der Waals surface area contributed by atoms with Crippen molar-refractivity contribution in [3.63, 3.8) is 0 Å². The second-order valence-corrected chi connectivity index (χ2v) is 10.9. The van der Waals surface area contributed by atoms with Gasteiger partial charge in [-0.3, -0.25) is 14.5 Å². The van der Waals surface area contributed by atoms with E-state index in [1.165, 1.54) is 0 Å². The van der Waals surface area contributed by atoms with Gasteiger partial charge >= 0.3 is 6.03 Å². The predicted molar refractivity (Wildman–Crippen MR) is 111 cm³/mol. The maximum Gasteiger partial charge on any atom is 0.325 e. The van der Waals surface area contributed by atoms with Gasteiger partial charge in [0.1, 0.15) is 17.9 Å². The Labute approximate surface area is 179 Å². The number of benzene rings is 1. The minimum atomic E-state index is -3.16. The van der Waals surface area contributed by atoms with Crippen LogP contribution in [0.15, 0.2) is 34.7 Å². The van der Waals surface area contributed by atoms with E-state index in [2.05, 4.69) is 5.32 Å². The number of carbonyl (C=O) groups excluding carboxylic acids is 3. The van der Waals surface area contributed by atoms with Crippen LogP contribution in [-0.2, 0) is 25.0 Å². The number of fused-ring (bicyclic) bond motifs is 1. The van der Waals surface area contributed by atoms with Crippen molar-refractivity contribution in [2.75, 3.05) is 18.1 Å². The van der Waals surface area contributed by atoms with Gasteiger partial charge in [-0.05, 0) is 38.3 Å². The zero-order valence-corrected chi connectivity index (χ0v) is 17.9. The minimum absolute atomic E-state index is 0.0201. The molecule has 10 heteroatoms. The highest BCUT2D eigenvalue weighted by atomic mass is 32.2. The van der Waals surface area contributed by atoms with Crippen LogP contribution < -0.4 is 5.32 Å². The summed E-state index contributed by atoms with van der Waals surface area (Å²) in [5, 5.41) is 3.46. The van der Waals surface area contributed by atoms with E-state index in [1.807, 2.05) is 18.2 Å². The van der Waals surface area contributed by atoms with Crippen LogP contribution in [0.3, 0.4) is 0 Å². The highest BCUT2D eigenvalue weighted by molar-refractivity contribution is 7.91. The number of hydrogen-bond acceptors (Lipinski definition) is 6. The smallest absolute Gasteiger partial charge is 0.325 e. The third kappa shape index (κ3) is 3.38. The molecule has 0 spiro atoms. The Hall–Kier alpha value is -2.88. The van der Waals surface area contributed by atoms with E-state index >= 15 is 0 Å². The molecule has 2 aromatic rings. The van der Waals surface area contributed by atoms with Crippen LogP contribution in [0.4, 0.5) is 4.79 Å². The van der Waals surface area contributed by atoms with Crippen LogP contribution in [0.2, 0.25) is 0 Å². The Bertz CT molecular complexity index is 1170. The number of hydrogen-bond donors (Lipinski definition) is 1. The van der Waals surface area contributed by atoms with E-state index in [9.17, 15) is 22.8 Å². The van der Waals surface area contributed by atoms with Crippen molar-refractivity contribution in [3.05, 3.63) is 36.1 Å². The Morgan fingerprint density at radius 3 is 2.61 bits per heavy atom. The number of para-hydroxylation sites is 1. The first-order chi connectivity index (χ1) is 14.7. The van der Waals surface area contributed by atoms with Gasteiger partial charge in [0.2, 0.25) is 5.91 Å². The number of urea groups is 1. The number of nitrogens with zero attached hydrogens (tertiary/aromatic N) is 2. The largest absolute Gasteiger partial charge is 0.458 e. The van der Waals surface area contributed by atoms with E-state index in [1.54, 1.807) is 24.0 Å². The first kappa shape index (κ1) is 20.0. The van der Waals surface area contributed by atoms with Crippen LogP contribution >= 0.6 is 0 Å². The lowest BCUT2D eigenvalue weighted by Crippen LogP contribution is -2.49. The van der Waals surface area contributed by atoms with Crippen molar-refractivity contribution in [2.45, 2.75) is 43.8 Å². The zero-order chi connectivity index (χ0) is 22.0. The summed E-state index contributed by atoms with van der Waals surface area (Å²) in [6, 6.07) is 7.90. The monoisotopic (exact) mass is 445 g/mol. The quantitative estimate of drug-likeness (QED) is 0.695. The summed E-state index contributed by atoms with van der Waals surface area (Å²) in [5.74, 6) is -0.683. The average Bonchev–Trinajstić information content (AvgIpc) is 3.26. The van der Waals surface area contributed by atoms with E-state index in [0.717, 1.165) is 23.1 Å². The van der Waals surface area contributed by atoms with Gasteiger partial charge in [-0.2, -0.15) is 0 Å². The van der Waals surface area contributed by atoms with Crippen LogP contribution in [-0.4, -0.2) is 66.2 Å². The normalized spacial score (nSPS) is 27.6. The predicted octanol–water partition coefficient (Wildman–Crippen LogP) is 1.38. The third-order valence-corrected chi connectivity index (χ3v) is 8.07. The number of sulfone groups is 1. The zero-order valence-electron chi connectivity index (χ0n) is 17.0. The van der Waals surface area contributed by atoms with E-state index in [4.69, 9.17) is 4.42 Å². The molecule has 0 radical (unpaired) electrons. The molecule has 1 aromatic heterocycles. The number of imide groups is 1. The van der Waals surface area contributed by atoms with Crippen molar-refractivity contribution in [1.82, 2.24) is 15.1 Å². The number of furan rings is 1. The number of nitrogens with one attached hydrogen (secondary N) is 1. The van der Waals surface area contributed by atoms with Crippen molar-refractivity contribution in [3.8, 4) is 0 Å². The lowest BCUT2D eigenvalue weighted by atomic mass is 9.99. The van der Waals surface area contributed by atoms with Gasteiger partial charge in [-0.25, -0.2) is 13.2 Å². The van der Waals surface area contributed by atoms with E-state index in [-0.39, 0.29) is 17.5 Å². The third-order valence-electron chi connectivity index (χ3n) is 6.32. The summed E-state index contributed by atoms with van der Waals surface area (Å²) < 4.78 is 29.6. The van der Waals surface area contributed by atoms with Crippen molar-refractivity contribution < 1.29 is 27.2 Å². The average molecular weight is 445 g/mol. The molecule has 3 fully saturated rings. The second-order valence-electron chi connectivity index (χ2n) is 8.68. The summed E-state index contributed by atoms with van der Waals surface area (Å²) in [7, 11) is -3.16. The molecule has 3 aliphatic rings. The van der Waals surface area contributed by atoms with Gasteiger partial charge in [0.05, 0.1) is 11.5 Å². The van der Waals surface area contributed by atoms with Crippen molar-refractivity contribution in [1.29, 1.82) is 0 Å². The number of carbonyl (C=O) groups is 3. The molecular weight excluding hydrogens is 422 g/mol. The summed E-state index contributed by atoms with van der Waals surface area (Å²) in [4.78, 5) is 41.4. The van der Waals surface area contributed by atoms with Gasteiger partial charge in [0.15, 0.2) is 15.4 Å². The fourth-order valence-electron chi connectivity index (χ4n) is 4.51. The standard InChI is InChI=1S/C21H23N3O6S/c1-21(17-10-13-4-2-3-5-16(13)30-17)19(26)23(20(27)22-21)11-18(25)24(14-6-7-14)15-8-9-31(28,29)12-15/h2-5,10,14-15H,6-9,11-12H2,1H3,(H,22,27)/t15-,21-/m1/s1. The Balaban J connectivity index is 1.37. The first-order valence-electron chi connectivity index (χ1n) is 10.3. The summed E-state index contributed by atoms with van der Waals surface area (Å²) in [5.41, 5.74) is -0.824. The molecule has 2 aliphatic heterocycles. The van der Waals surface area contributed by atoms with Crippen LogP contribution in [0.5, 0.6) is 0 Å². The summed E-state index contributed by atoms with van der Waals surface area (Å²) in [6.07, 6.45) is 2.00. The first-order valence-corrected chi connectivity index (χ1v) is 12.1. The van der Waals surface area contributed by atoms with Gasteiger partial charge in [-0.1, -0.05) is 18.2 Å². The fourth-order valence-corrected chi connectivity index (χ4v) is 6.22. The van der Waals surface area contributed by atoms with Crippen LogP contribution in [0, 0.1) is 0 Å². The molecule has 5 rings (SSSR count). The van der Waals surface area contributed by atoms with Crippen molar-refractivity contribution in [2.24, 2.45) is 0 Å². The molecule has 9 nitrogen and oxygen atoms in total. The highest BCUT2D eigenvalue weighted by Gasteiger charge is 2.53. The lowest BCUT2D eigenvalue weighted by molar-refractivity contribution is -0.140. The molecule has 31 heavy (non-hydrogen) atoms. The number of rotatable bonds is 5. The maximum atomic E-state index is 13.2. The molecule has 0 unspecified atom stereocenters. The molecule has 4 amide bonds. The topological polar surface area (TPSA) is 117 Å². The van der Waals surface area contributed by atoms with E-state index < -0.39 is 45.8 Å². The Morgan fingerprint density at radius 1 is 1.23 bits per heavy atom. The number of amides is 4. The molecule has 1 aliphatic carbocycles. The molecule has 3 heterocycles. The fraction of sp³-hybridized carbons (Fsp3) is 0.476. The molecule has 1 N–H and O–H groups in total. The SMILES string of the molecule is C[C@]1(c2cc3ccccc3o2)NC(=O)N(CC(=O)N(C2CC2)[C@@H]2CCS(=O)(=O)C2)C1=O. The van der Waals surface area contributed by atoms with Gasteiger partial charge in [0, 0.05) is 17.5 Å². The lowest BCUT2D eigenvalue weighted by Gasteiger charge is -2.29. The van der Waals surface area contributed by atoms with Crippen LogP contribution in [0.25, 0.3) is 11.0 Å². The summed E-state index contributed by atoms with van der Waals surface area (Å²) in [6.45, 7) is 1.13. The van der Waals surface area contributed by atoms with Gasteiger partial charge < -0.3 is 14.6 Å². The molecule has 0 bridgehead atoms.